The molecule has 1 heterocycles. The first-order chi connectivity index (χ1) is 10.3. The highest BCUT2D eigenvalue weighted by molar-refractivity contribution is 6.02. The third kappa shape index (κ3) is 2.70. The number of para-hydroxylation sites is 1. The van der Waals surface area contributed by atoms with Crippen LogP contribution in [0.4, 0.5) is 5.69 Å². The molecule has 1 aliphatic heterocycles. The molecular weight excluding hydrogens is 262 g/mol. The summed E-state index contributed by atoms with van der Waals surface area (Å²) in [4.78, 5) is 15.8. The van der Waals surface area contributed by atoms with Gasteiger partial charge in [0, 0.05) is 0 Å². The third-order valence-corrected chi connectivity index (χ3v) is 3.43. The number of hydrogen-bond acceptors (Lipinski definition) is 2. The first-order valence-corrected chi connectivity index (χ1v) is 6.70. The van der Waals surface area contributed by atoms with Crippen molar-refractivity contribution >= 4 is 17.5 Å². The van der Waals surface area contributed by atoms with Gasteiger partial charge in [-0.05, 0) is 23.8 Å². The summed E-state index contributed by atoms with van der Waals surface area (Å²) in [6.07, 6.45) is 3.72. The Morgan fingerprint density at radius 1 is 1.19 bits per heavy atom. The fourth-order valence-corrected chi connectivity index (χ4v) is 2.32. The zero-order valence-electron chi connectivity index (χ0n) is 11.3. The van der Waals surface area contributed by atoms with Gasteiger partial charge in [0.15, 0.2) is 11.5 Å². The monoisotopic (exact) mass is 275 g/mol. The number of carbonyl (C=O) groups is 1. The van der Waals surface area contributed by atoms with Crippen molar-refractivity contribution in [3.63, 3.8) is 0 Å². The summed E-state index contributed by atoms with van der Waals surface area (Å²) >= 11 is 0. The lowest BCUT2D eigenvalue weighted by atomic mass is 9.94. The second-order valence-electron chi connectivity index (χ2n) is 4.84. The lowest BCUT2D eigenvalue weighted by molar-refractivity contribution is 0.0874. The molecule has 0 fully saturated rings. The molecule has 2 aromatic carbocycles. The minimum atomic E-state index is -0.281. The molecule has 0 aromatic heterocycles. The molecule has 0 aliphatic carbocycles. The number of fused-ring (bicyclic) bond motifs is 1. The van der Waals surface area contributed by atoms with Crippen molar-refractivity contribution in [2.45, 2.75) is 0 Å². The fourth-order valence-electron chi connectivity index (χ4n) is 2.32. The summed E-state index contributed by atoms with van der Waals surface area (Å²) in [5, 5.41) is 0. The van der Waals surface area contributed by atoms with Crippen LogP contribution in [-0.2, 0) is 0 Å². The summed E-state index contributed by atoms with van der Waals surface area (Å²) < 4.78 is 5.62. The van der Waals surface area contributed by atoms with E-state index in [1.165, 1.54) is 0 Å². The molecule has 3 rings (SSSR count). The summed E-state index contributed by atoms with van der Waals surface area (Å²) in [5.41, 5.74) is 2.14. The van der Waals surface area contributed by atoms with Gasteiger partial charge in [-0.2, -0.15) is 0 Å². The molecule has 2 aromatic rings. The predicted octanol–water partition coefficient (Wildman–Crippen LogP) is 4.14. The van der Waals surface area contributed by atoms with E-state index < -0.39 is 0 Å². The zero-order valence-corrected chi connectivity index (χ0v) is 11.3. The largest absolute Gasteiger partial charge is 0.492 e. The maximum atomic E-state index is 12.4. The Morgan fingerprint density at radius 3 is 2.90 bits per heavy atom. The molecule has 0 saturated carbocycles. The van der Waals surface area contributed by atoms with E-state index >= 15 is 0 Å². The standard InChI is InChI=1S/C18H13NO2/c1-19-15-6-4-5-13(11-15)9-10-14-12-21-17-8-3-2-7-16(17)18(14)20/h2-11,14H,12H2. The zero-order chi connectivity index (χ0) is 14.7. The summed E-state index contributed by atoms with van der Waals surface area (Å²) in [7, 11) is 0. The summed E-state index contributed by atoms with van der Waals surface area (Å²) in [6.45, 7) is 7.36. The predicted molar refractivity (Wildman–Crippen MR) is 81.5 cm³/mol. The normalized spacial score (nSPS) is 17.1. The lowest BCUT2D eigenvalue weighted by Gasteiger charge is -2.21. The molecule has 1 unspecified atom stereocenters. The van der Waals surface area contributed by atoms with Gasteiger partial charge in [0.25, 0.3) is 0 Å². The van der Waals surface area contributed by atoms with Gasteiger partial charge in [-0.15, -0.1) is 0 Å². The van der Waals surface area contributed by atoms with Gasteiger partial charge in [-0.3, -0.25) is 4.79 Å². The topological polar surface area (TPSA) is 30.7 Å². The SMILES string of the molecule is [C-]#[N+]c1cccc(C=CC2COc3ccccc3C2=O)c1. The average Bonchev–Trinajstić information content (AvgIpc) is 2.55. The maximum absolute atomic E-state index is 12.4. The summed E-state index contributed by atoms with van der Waals surface area (Å²) in [5.74, 6) is 0.452. The van der Waals surface area contributed by atoms with Crippen molar-refractivity contribution in [3.05, 3.63) is 77.2 Å². The molecule has 21 heavy (non-hydrogen) atoms. The Balaban J connectivity index is 1.82. The van der Waals surface area contributed by atoms with Crippen LogP contribution in [0.1, 0.15) is 15.9 Å². The number of ketones is 1. The molecule has 3 nitrogen and oxygen atoms in total. The number of carbonyl (C=O) groups excluding carboxylic acids is 1. The second kappa shape index (κ2) is 5.64. The molecule has 102 valence electrons. The van der Waals surface area contributed by atoms with E-state index in [0.29, 0.717) is 23.6 Å². The number of ether oxygens (including phenoxy) is 1. The Hall–Kier alpha value is -2.86. The van der Waals surface area contributed by atoms with E-state index in [0.717, 1.165) is 5.56 Å². The lowest BCUT2D eigenvalue weighted by Crippen LogP contribution is -2.26. The number of benzene rings is 2. The van der Waals surface area contributed by atoms with Crippen LogP contribution in [0.25, 0.3) is 10.9 Å². The third-order valence-electron chi connectivity index (χ3n) is 3.43. The summed E-state index contributed by atoms with van der Waals surface area (Å²) in [6, 6.07) is 14.6. The Morgan fingerprint density at radius 2 is 2.05 bits per heavy atom. The number of rotatable bonds is 2. The fraction of sp³-hybridized carbons (Fsp3) is 0.111. The molecule has 0 radical (unpaired) electrons. The smallest absolute Gasteiger partial charge is 0.187 e. The minimum absolute atomic E-state index is 0.0782. The number of nitrogens with zero attached hydrogens (tertiary/aromatic N) is 1. The first kappa shape index (κ1) is 13.1. The molecule has 3 heteroatoms. The van der Waals surface area contributed by atoms with Crippen molar-refractivity contribution in [1.82, 2.24) is 0 Å². The van der Waals surface area contributed by atoms with Crippen LogP contribution in [-0.4, -0.2) is 12.4 Å². The molecular formula is C18H13NO2. The molecule has 0 saturated heterocycles. The van der Waals surface area contributed by atoms with Crippen LogP contribution in [0.15, 0.2) is 54.6 Å². The van der Waals surface area contributed by atoms with E-state index in [9.17, 15) is 4.79 Å². The van der Waals surface area contributed by atoms with E-state index in [1.54, 1.807) is 18.2 Å². The van der Waals surface area contributed by atoms with E-state index in [-0.39, 0.29) is 11.7 Å². The van der Waals surface area contributed by atoms with E-state index in [2.05, 4.69) is 4.85 Å². The van der Waals surface area contributed by atoms with Gasteiger partial charge in [0.2, 0.25) is 0 Å². The minimum Gasteiger partial charge on any atom is -0.492 e. The van der Waals surface area contributed by atoms with Crippen molar-refractivity contribution in [2.24, 2.45) is 5.92 Å². The van der Waals surface area contributed by atoms with Crippen molar-refractivity contribution in [2.75, 3.05) is 6.61 Å². The van der Waals surface area contributed by atoms with Crippen LogP contribution in [0.3, 0.4) is 0 Å². The number of Topliss-reactive ketones (excluding diaryl/α,β-unsaturated/α-hetero) is 1. The van der Waals surface area contributed by atoms with Crippen LogP contribution >= 0.6 is 0 Å². The van der Waals surface area contributed by atoms with Gasteiger partial charge in [-0.25, -0.2) is 4.85 Å². The van der Waals surface area contributed by atoms with Gasteiger partial charge < -0.3 is 4.74 Å². The Bertz CT molecular complexity index is 756. The number of hydrogen-bond donors (Lipinski definition) is 0. The van der Waals surface area contributed by atoms with Crippen LogP contribution in [0.5, 0.6) is 5.75 Å². The Labute approximate surface area is 123 Å². The van der Waals surface area contributed by atoms with Crippen LogP contribution < -0.4 is 4.74 Å². The van der Waals surface area contributed by atoms with Crippen molar-refractivity contribution < 1.29 is 9.53 Å². The van der Waals surface area contributed by atoms with Crippen LogP contribution in [0.2, 0.25) is 0 Å². The van der Waals surface area contributed by atoms with E-state index in [1.807, 2.05) is 42.5 Å². The highest BCUT2D eigenvalue weighted by atomic mass is 16.5. The van der Waals surface area contributed by atoms with Crippen molar-refractivity contribution in [3.8, 4) is 5.75 Å². The maximum Gasteiger partial charge on any atom is 0.187 e. The molecule has 0 N–H and O–H groups in total. The van der Waals surface area contributed by atoms with Gasteiger partial charge in [0.1, 0.15) is 12.4 Å². The molecule has 0 amide bonds. The molecule has 1 aliphatic rings. The average molecular weight is 275 g/mol. The van der Waals surface area contributed by atoms with Crippen LogP contribution in [0, 0.1) is 12.5 Å². The molecule has 0 spiro atoms. The van der Waals surface area contributed by atoms with Gasteiger partial charge in [-0.1, -0.05) is 42.5 Å². The molecule has 0 bridgehead atoms. The second-order valence-corrected chi connectivity index (χ2v) is 4.84. The van der Waals surface area contributed by atoms with E-state index in [4.69, 9.17) is 11.3 Å². The highest BCUT2D eigenvalue weighted by Gasteiger charge is 2.26. The highest BCUT2D eigenvalue weighted by Crippen LogP contribution is 2.28. The van der Waals surface area contributed by atoms with Gasteiger partial charge >= 0.3 is 0 Å². The molecule has 1 atom stereocenters. The van der Waals surface area contributed by atoms with Crippen molar-refractivity contribution in [1.29, 1.82) is 0 Å². The van der Waals surface area contributed by atoms with Gasteiger partial charge in [0.05, 0.1) is 18.1 Å². The Kier molecular flexibility index (Phi) is 3.53. The first-order valence-electron chi connectivity index (χ1n) is 6.70. The quantitative estimate of drug-likeness (QED) is 0.771.